The second-order valence-electron chi connectivity index (χ2n) is 5.06. The van der Waals surface area contributed by atoms with Gasteiger partial charge in [-0.1, -0.05) is 24.6 Å². The van der Waals surface area contributed by atoms with E-state index in [0.717, 1.165) is 23.2 Å². The molecule has 0 unspecified atom stereocenters. The van der Waals surface area contributed by atoms with Gasteiger partial charge < -0.3 is 10.2 Å². The van der Waals surface area contributed by atoms with Crippen molar-refractivity contribution in [2.24, 2.45) is 0 Å². The second-order valence-corrected chi connectivity index (χ2v) is 5.06. The highest BCUT2D eigenvalue weighted by atomic mass is 16.2. The van der Waals surface area contributed by atoms with Crippen molar-refractivity contribution in [1.82, 2.24) is 5.32 Å². The summed E-state index contributed by atoms with van der Waals surface area (Å²) in [5.41, 5.74) is 3.09. The third kappa shape index (κ3) is 4.68. The minimum absolute atomic E-state index is 0.0112. The highest BCUT2D eigenvalue weighted by Gasteiger charge is 2.15. The van der Waals surface area contributed by atoms with E-state index in [1.54, 1.807) is 4.90 Å². The highest BCUT2D eigenvalue weighted by Crippen LogP contribution is 2.21. The number of carbonyl (C=O) groups is 2. The summed E-state index contributed by atoms with van der Waals surface area (Å²) in [6.07, 6.45) is 1.24. The largest absolute Gasteiger partial charge is 0.356 e. The van der Waals surface area contributed by atoms with E-state index in [9.17, 15) is 9.59 Å². The number of nitrogens with one attached hydrogen (secondary N) is 1. The second kappa shape index (κ2) is 7.68. The van der Waals surface area contributed by atoms with E-state index >= 15 is 0 Å². The summed E-state index contributed by atoms with van der Waals surface area (Å²) >= 11 is 0. The van der Waals surface area contributed by atoms with Crippen molar-refractivity contribution in [1.29, 1.82) is 0 Å². The summed E-state index contributed by atoms with van der Waals surface area (Å²) < 4.78 is 0. The van der Waals surface area contributed by atoms with Gasteiger partial charge in [0.05, 0.1) is 0 Å². The molecule has 1 N–H and O–H groups in total. The van der Waals surface area contributed by atoms with E-state index in [1.807, 2.05) is 39.0 Å². The van der Waals surface area contributed by atoms with E-state index in [0.29, 0.717) is 19.5 Å². The fourth-order valence-electron chi connectivity index (χ4n) is 2.12. The summed E-state index contributed by atoms with van der Waals surface area (Å²) in [5, 5.41) is 2.82. The highest BCUT2D eigenvalue weighted by molar-refractivity contribution is 5.93. The van der Waals surface area contributed by atoms with Crippen LogP contribution in [0.4, 0.5) is 5.69 Å². The van der Waals surface area contributed by atoms with Gasteiger partial charge in [-0.25, -0.2) is 0 Å². The standard InChI is InChI=1S/C16H24N2O2/c1-5-9-17-16(20)8-10-18(14(4)19)15-7-6-12(2)11-13(15)3/h6-7,11H,5,8-10H2,1-4H3,(H,17,20). The average Bonchev–Trinajstić information content (AvgIpc) is 2.38. The summed E-state index contributed by atoms with van der Waals surface area (Å²) in [4.78, 5) is 25.1. The fraction of sp³-hybridized carbons (Fsp3) is 0.500. The van der Waals surface area contributed by atoms with Gasteiger partial charge in [0.1, 0.15) is 0 Å². The van der Waals surface area contributed by atoms with Crippen molar-refractivity contribution in [3.63, 3.8) is 0 Å². The van der Waals surface area contributed by atoms with Crippen molar-refractivity contribution < 1.29 is 9.59 Å². The molecule has 0 fully saturated rings. The lowest BCUT2D eigenvalue weighted by Crippen LogP contribution is -2.34. The molecule has 0 heterocycles. The lowest BCUT2D eigenvalue weighted by atomic mass is 10.1. The first kappa shape index (κ1) is 16.2. The van der Waals surface area contributed by atoms with Gasteiger partial charge >= 0.3 is 0 Å². The zero-order valence-electron chi connectivity index (χ0n) is 12.8. The van der Waals surface area contributed by atoms with Crippen LogP contribution in [0.25, 0.3) is 0 Å². The maximum atomic E-state index is 11.8. The Kier molecular flexibility index (Phi) is 6.22. The van der Waals surface area contributed by atoms with E-state index in [2.05, 4.69) is 5.32 Å². The van der Waals surface area contributed by atoms with Crippen LogP contribution in [0.1, 0.15) is 37.8 Å². The zero-order chi connectivity index (χ0) is 15.1. The molecule has 0 radical (unpaired) electrons. The topological polar surface area (TPSA) is 49.4 Å². The van der Waals surface area contributed by atoms with Crippen LogP contribution in [0.3, 0.4) is 0 Å². The van der Waals surface area contributed by atoms with Gasteiger partial charge in [0.25, 0.3) is 0 Å². The van der Waals surface area contributed by atoms with Crippen LogP contribution in [0.2, 0.25) is 0 Å². The van der Waals surface area contributed by atoms with Crippen molar-refractivity contribution in [2.75, 3.05) is 18.0 Å². The molecule has 4 nitrogen and oxygen atoms in total. The number of benzene rings is 1. The molecule has 0 aliphatic rings. The van der Waals surface area contributed by atoms with Crippen LogP contribution < -0.4 is 10.2 Å². The number of amides is 2. The van der Waals surface area contributed by atoms with E-state index in [4.69, 9.17) is 0 Å². The molecule has 2 amide bonds. The SMILES string of the molecule is CCCNC(=O)CCN(C(C)=O)c1ccc(C)cc1C. The summed E-state index contributed by atoms with van der Waals surface area (Å²) in [6, 6.07) is 5.97. The Morgan fingerprint density at radius 1 is 1.25 bits per heavy atom. The van der Waals surface area contributed by atoms with Gasteiger partial charge in [-0.05, 0) is 31.9 Å². The molecular formula is C16H24N2O2. The summed E-state index contributed by atoms with van der Waals surface area (Å²) in [5.74, 6) is -0.0527. The summed E-state index contributed by atoms with van der Waals surface area (Å²) in [7, 11) is 0. The van der Waals surface area contributed by atoms with Gasteiger partial charge in [0.15, 0.2) is 0 Å². The molecule has 0 saturated heterocycles. The molecule has 110 valence electrons. The van der Waals surface area contributed by atoms with Crippen LogP contribution in [-0.4, -0.2) is 24.9 Å². The summed E-state index contributed by atoms with van der Waals surface area (Å²) in [6.45, 7) is 8.64. The molecule has 4 heteroatoms. The zero-order valence-corrected chi connectivity index (χ0v) is 12.8. The molecule has 1 aromatic rings. The van der Waals surface area contributed by atoms with Gasteiger partial charge in [-0.15, -0.1) is 0 Å². The Balaban J connectivity index is 2.75. The molecular weight excluding hydrogens is 252 g/mol. The molecule has 0 aromatic heterocycles. The van der Waals surface area contributed by atoms with Crippen LogP contribution in [0.5, 0.6) is 0 Å². The lowest BCUT2D eigenvalue weighted by molar-refractivity contribution is -0.121. The average molecular weight is 276 g/mol. The smallest absolute Gasteiger partial charge is 0.223 e. The van der Waals surface area contributed by atoms with E-state index < -0.39 is 0 Å². The first-order valence-electron chi connectivity index (χ1n) is 7.07. The minimum Gasteiger partial charge on any atom is -0.356 e. The number of carbonyl (C=O) groups excluding carboxylic acids is 2. The third-order valence-corrected chi connectivity index (χ3v) is 3.16. The number of hydrogen-bond acceptors (Lipinski definition) is 2. The minimum atomic E-state index is -0.0414. The molecule has 0 atom stereocenters. The third-order valence-electron chi connectivity index (χ3n) is 3.16. The molecule has 0 spiro atoms. The number of aryl methyl sites for hydroxylation is 2. The van der Waals surface area contributed by atoms with Crippen molar-refractivity contribution in [2.45, 2.75) is 40.5 Å². The first-order valence-corrected chi connectivity index (χ1v) is 7.07. The Bertz CT molecular complexity index is 483. The monoisotopic (exact) mass is 276 g/mol. The number of anilines is 1. The van der Waals surface area contributed by atoms with E-state index in [-0.39, 0.29) is 11.8 Å². The van der Waals surface area contributed by atoms with Crippen LogP contribution in [0.15, 0.2) is 18.2 Å². The van der Waals surface area contributed by atoms with Crippen molar-refractivity contribution in [3.8, 4) is 0 Å². The molecule has 0 aliphatic heterocycles. The number of nitrogens with zero attached hydrogens (tertiary/aromatic N) is 1. The maximum Gasteiger partial charge on any atom is 0.223 e. The van der Waals surface area contributed by atoms with Gasteiger partial charge in [0.2, 0.25) is 11.8 Å². The first-order chi connectivity index (χ1) is 9.45. The van der Waals surface area contributed by atoms with Crippen LogP contribution in [-0.2, 0) is 9.59 Å². The van der Waals surface area contributed by atoms with Crippen LogP contribution in [0, 0.1) is 13.8 Å². The Morgan fingerprint density at radius 3 is 2.50 bits per heavy atom. The van der Waals surface area contributed by atoms with Gasteiger partial charge in [-0.2, -0.15) is 0 Å². The molecule has 1 aromatic carbocycles. The maximum absolute atomic E-state index is 11.8. The predicted octanol–water partition coefficient (Wildman–Crippen LogP) is 2.57. The number of rotatable bonds is 6. The van der Waals surface area contributed by atoms with Gasteiger partial charge in [0, 0.05) is 32.1 Å². The Hall–Kier alpha value is -1.84. The molecule has 0 bridgehead atoms. The molecule has 20 heavy (non-hydrogen) atoms. The quantitative estimate of drug-likeness (QED) is 0.868. The fourth-order valence-corrected chi connectivity index (χ4v) is 2.12. The Labute approximate surface area is 121 Å². The molecule has 1 rings (SSSR count). The molecule has 0 saturated carbocycles. The number of hydrogen-bond donors (Lipinski definition) is 1. The van der Waals surface area contributed by atoms with E-state index in [1.165, 1.54) is 6.92 Å². The van der Waals surface area contributed by atoms with Gasteiger partial charge in [-0.3, -0.25) is 9.59 Å². The van der Waals surface area contributed by atoms with Crippen LogP contribution >= 0.6 is 0 Å². The van der Waals surface area contributed by atoms with Crippen molar-refractivity contribution in [3.05, 3.63) is 29.3 Å². The Morgan fingerprint density at radius 2 is 1.95 bits per heavy atom. The normalized spacial score (nSPS) is 10.2. The lowest BCUT2D eigenvalue weighted by Gasteiger charge is -2.23. The van der Waals surface area contributed by atoms with Crippen molar-refractivity contribution >= 4 is 17.5 Å². The predicted molar refractivity (Wildman–Crippen MR) is 81.9 cm³/mol. The molecule has 0 aliphatic carbocycles.